The van der Waals surface area contributed by atoms with E-state index in [4.69, 9.17) is 25.8 Å². The average molecular weight is 432 g/mol. The monoisotopic (exact) mass is 431 g/mol. The van der Waals surface area contributed by atoms with Gasteiger partial charge in [0, 0.05) is 28.9 Å². The number of hydrogen-bond acceptors (Lipinski definition) is 5. The van der Waals surface area contributed by atoms with Gasteiger partial charge < -0.3 is 19.5 Å². The predicted octanol–water partition coefficient (Wildman–Crippen LogP) is 4.04. The topological polar surface area (TPSA) is 81.2 Å². The first-order valence-corrected chi connectivity index (χ1v) is 10.1. The number of anilines is 1. The molecule has 1 aliphatic heterocycles. The van der Waals surface area contributed by atoms with Crippen LogP contribution in [0.4, 0.5) is 5.69 Å². The van der Waals surface area contributed by atoms with E-state index < -0.39 is 0 Å². The zero-order valence-corrected chi connectivity index (χ0v) is 18.1. The summed E-state index contributed by atoms with van der Waals surface area (Å²) in [6, 6.07) is 10.5. The SMILES string of the molecule is COc1cc(OC)cc(C(=O)NC(=NC[C@H]2CCCO2)Nc2ccc(Cl)cc2C)c1. The smallest absolute Gasteiger partial charge is 0.258 e. The molecule has 3 rings (SSSR count). The van der Waals surface area contributed by atoms with E-state index in [2.05, 4.69) is 15.6 Å². The van der Waals surface area contributed by atoms with E-state index in [1.807, 2.05) is 19.1 Å². The second-order valence-corrected chi connectivity index (χ2v) is 7.40. The molecule has 0 aliphatic carbocycles. The van der Waals surface area contributed by atoms with Crippen LogP contribution in [-0.4, -0.2) is 45.3 Å². The Labute approximate surface area is 181 Å². The summed E-state index contributed by atoms with van der Waals surface area (Å²) in [5.74, 6) is 1.05. The Morgan fingerprint density at radius 2 is 1.93 bits per heavy atom. The summed E-state index contributed by atoms with van der Waals surface area (Å²) in [5.41, 5.74) is 2.13. The van der Waals surface area contributed by atoms with Gasteiger partial charge in [-0.15, -0.1) is 0 Å². The lowest BCUT2D eigenvalue weighted by Crippen LogP contribution is -2.37. The van der Waals surface area contributed by atoms with Crippen LogP contribution in [0.2, 0.25) is 5.02 Å². The van der Waals surface area contributed by atoms with Crippen LogP contribution in [0.15, 0.2) is 41.4 Å². The van der Waals surface area contributed by atoms with Gasteiger partial charge in [0.2, 0.25) is 5.96 Å². The number of ether oxygens (including phenoxy) is 3. The molecule has 0 aromatic heterocycles. The third-order valence-corrected chi connectivity index (χ3v) is 5.00. The highest BCUT2D eigenvalue weighted by Crippen LogP contribution is 2.23. The molecule has 2 aromatic carbocycles. The van der Waals surface area contributed by atoms with Crippen molar-refractivity contribution in [1.82, 2.24) is 5.32 Å². The maximum atomic E-state index is 12.9. The molecule has 160 valence electrons. The van der Waals surface area contributed by atoms with Crippen LogP contribution in [0.5, 0.6) is 11.5 Å². The Kier molecular flexibility index (Phi) is 7.54. The molecule has 1 amide bonds. The number of aryl methyl sites for hydroxylation is 1. The van der Waals surface area contributed by atoms with Crippen molar-refractivity contribution in [3.8, 4) is 11.5 Å². The fourth-order valence-electron chi connectivity index (χ4n) is 3.10. The minimum atomic E-state index is -0.336. The highest BCUT2D eigenvalue weighted by molar-refractivity contribution is 6.30. The van der Waals surface area contributed by atoms with Crippen LogP contribution >= 0.6 is 11.6 Å². The van der Waals surface area contributed by atoms with Gasteiger partial charge in [-0.25, -0.2) is 4.99 Å². The molecule has 0 saturated carbocycles. The van der Waals surface area contributed by atoms with Crippen LogP contribution in [0.1, 0.15) is 28.8 Å². The number of halogens is 1. The summed E-state index contributed by atoms with van der Waals surface area (Å²) in [5, 5.41) is 6.69. The number of carbonyl (C=O) groups is 1. The Morgan fingerprint density at radius 1 is 1.20 bits per heavy atom. The van der Waals surface area contributed by atoms with E-state index in [0.29, 0.717) is 34.6 Å². The average Bonchev–Trinajstić information content (AvgIpc) is 3.27. The zero-order valence-electron chi connectivity index (χ0n) is 17.3. The second-order valence-electron chi connectivity index (χ2n) is 6.96. The van der Waals surface area contributed by atoms with Crippen LogP contribution in [0.3, 0.4) is 0 Å². The summed E-state index contributed by atoms with van der Waals surface area (Å²) in [6.07, 6.45) is 2.04. The summed E-state index contributed by atoms with van der Waals surface area (Å²) >= 11 is 6.05. The van der Waals surface area contributed by atoms with Crippen LogP contribution < -0.4 is 20.1 Å². The van der Waals surface area contributed by atoms with Crippen molar-refractivity contribution in [3.63, 3.8) is 0 Å². The van der Waals surface area contributed by atoms with E-state index >= 15 is 0 Å². The molecule has 0 unspecified atom stereocenters. The second kappa shape index (κ2) is 10.3. The van der Waals surface area contributed by atoms with Crippen LogP contribution in [0, 0.1) is 6.92 Å². The standard InChI is InChI=1S/C22H26ClN3O4/c1-14-9-16(23)6-7-20(14)25-22(24-13-17-5-4-8-30-17)26-21(27)15-10-18(28-2)12-19(11-15)29-3/h6-7,9-12,17H,4-5,8,13H2,1-3H3,(H2,24,25,26,27)/t17-/m1/s1. The fraction of sp³-hybridized carbons (Fsp3) is 0.364. The first-order chi connectivity index (χ1) is 14.5. The van der Waals surface area contributed by atoms with E-state index in [1.165, 1.54) is 14.2 Å². The molecule has 1 atom stereocenters. The molecule has 0 spiro atoms. The summed E-state index contributed by atoms with van der Waals surface area (Å²) < 4.78 is 16.2. The molecule has 2 aromatic rings. The molecule has 0 bridgehead atoms. The number of rotatable bonds is 6. The van der Waals surface area contributed by atoms with Gasteiger partial charge in [-0.05, 0) is 55.7 Å². The van der Waals surface area contributed by atoms with E-state index in [0.717, 1.165) is 30.7 Å². The third kappa shape index (κ3) is 5.87. The largest absolute Gasteiger partial charge is 0.497 e. The number of benzene rings is 2. The van der Waals surface area contributed by atoms with Gasteiger partial charge in [-0.1, -0.05) is 11.6 Å². The molecule has 1 heterocycles. The van der Waals surface area contributed by atoms with Crippen molar-refractivity contribution < 1.29 is 19.0 Å². The first kappa shape index (κ1) is 21.9. The molecule has 2 N–H and O–H groups in total. The lowest BCUT2D eigenvalue weighted by molar-refractivity contribution is 0.0975. The minimum Gasteiger partial charge on any atom is -0.497 e. The van der Waals surface area contributed by atoms with Crippen molar-refractivity contribution in [2.24, 2.45) is 4.99 Å². The molecule has 30 heavy (non-hydrogen) atoms. The lowest BCUT2D eigenvalue weighted by atomic mass is 10.2. The third-order valence-electron chi connectivity index (χ3n) is 4.76. The Balaban J connectivity index is 1.82. The maximum Gasteiger partial charge on any atom is 0.258 e. The predicted molar refractivity (Wildman–Crippen MR) is 118 cm³/mol. The van der Waals surface area contributed by atoms with Gasteiger partial charge in [-0.2, -0.15) is 0 Å². The molecule has 1 fully saturated rings. The minimum absolute atomic E-state index is 0.0573. The van der Waals surface area contributed by atoms with Crippen LogP contribution in [-0.2, 0) is 4.74 Å². The first-order valence-electron chi connectivity index (χ1n) is 9.72. The number of carbonyl (C=O) groups excluding carboxylic acids is 1. The maximum absolute atomic E-state index is 12.9. The van der Waals surface area contributed by atoms with Gasteiger partial charge in [0.25, 0.3) is 5.91 Å². The summed E-state index contributed by atoms with van der Waals surface area (Å²) in [4.78, 5) is 17.5. The lowest BCUT2D eigenvalue weighted by Gasteiger charge is -2.15. The van der Waals surface area contributed by atoms with Crippen molar-refractivity contribution in [3.05, 3.63) is 52.5 Å². The Bertz CT molecular complexity index is 904. The number of amides is 1. The number of nitrogens with one attached hydrogen (secondary N) is 2. The number of methoxy groups -OCH3 is 2. The van der Waals surface area contributed by atoms with E-state index in [1.54, 1.807) is 24.3 Å². The number of aliphatic imine (C=N–C) groups is 1. The van der Waals surface area contributed by atoms with Crippen molar-refractivity contribution in [2.75, 3.05) is 32.7 Å². The van der Waals surface area contributed by atoms with Gasteiger partial charge in [0.15, 0.2) is 0 Å². The molecule has 8 heteroatoms. The highest BCUT2D eigenvalue weighted by atomic mass is 35.5. The zero-order chi connectivity index (χ0) is 21.5. The molecular weight excluding hydrogens is 406 g/mol. The molecule has 7 nitrogen and oxygen atoms in total. The Morgan fingerprint density at radius 3 is 2.53 bits per heavy atom. The number of guanidine groups is 1. The summed E-state index contributed by atoms with van der Waals surface area (Å²) in [7, 11) is 3.08. The molecule has 0 radical (unpaired) electrons. The van der Waals surface area contributed by atoms with Gasteiger partial charge in [0.05, 0.1) is 26.9 Å². The van der Waals surface area contributed by atoms with E-state index in [9.17, 15) is 4.79 Å². The molecular formula is C22H26ClN3O4. The van der Waals surface area contributed by atoms with Gasteiger partial charge in [0.1, 0.15) is 11.5 Å². The van der Waals surface area contributed by atoms with Gasteiger partial charge in [-0.3, -0.25) is 10.1 Å². The van der Waals surface area contributed by atoms with Gasteiger partial charge >= 0.3 is 0 Å². The molecule has 1 saturated heterocycles. The molecule has 1 aliphatic rings. The van der Waals surface area contributed by atoms with Crippen molar-refractivity contribution in [1.29, 1.82) is 0 Å². The van der Waals surface area contributed by atoms with Crippen LogP contribution in [0.25, 0.3) is 0 Å². The van der Waals surface area contributed by atoms with Crippen molar-refractivity contribution >= 4 is 29.2 Å². The quantitative estimate of drug-likeness (QED) is 0.533. The fourth-order valence-corrected chi connectivity index (χ4v) is 3.33. The van der Waals surface area contributed by atoms with Crippen molar-refractivity contribution in [2.45, 2.75) is 25.9 Å². The number of hydrogen-bond donors (Lipinski definition) is 2. The normalized spacial score (nSPS) is 16.3. The number of nitrogens with zero attached hydrogens (tertiary/aromatic N) is 1. The highest BCUT2D eigenvalue weighted by Gasteiger charge is 2.17. The Hall–Kier alpha value is -2.77. The summed E-state index contributed by atoms with van der Waals surface area (Å²) in [6.45, 7) is 3.13. The van der Waals surface area contributed by atoms with E-state index in [-0.39, 0.29) is 12.0 Å².